The molecule has 0 fully saturated rings. The summed E-state index contributed by atoms with van der Waals surface area (Å²) in [6.45, 7) is 0.196. The van der Waals surface area contributed by atoms with Crippen LogP contribution in [-0.2, 0) is 11.3 Å². The van der Waals surface area contributed by atoms with E-state index in [0.29, 0.717) is 5.02 Å². The normalized spacial score (nSPS) is 12.0. The summed E-state index contributed by atoms with van der Waals surface area (Å²) in [5.74, 6) is -0.0881. The summed E-state index contributed by atoms with van der Waals surface area (Å²) in [4.78, 5) is 12.3. The van der Waals surface area contributed by atoms with Crippen LogP contribution in [-0.4, -0.2) is 15.7 Å². The number of hydrogen-bond acceptors (Lipinski definition) is 3. The van der Waals surface area contributed by atoms with Crippen molar-refractivity contribution in [3.05, 3.63) is 75.7 Å². The second kappa shape index (κ2) is 6.77. The van der Waals surface area contributed by atoms with E-state index in [-0.39, 0.29) is 18.5 Å². The third kappa shape index (κ3) is 3.55. The molecule has 3 rings (SSSR count). The Morgan fingerprint density at radius 2 is 2.09 bits per heavy atom. The molecule has 1 aromatic carbocycles. The van der Waals surface area contributed by atoms with Crippen LogP contribution in [0.15, 0.2) is 59.6 Å². The van der Waals surface area contributed by atoms with Crippen molar-refractivity contribution >= 4 is 28.8 Å². The third-order valence-electron chi connectivity index (χ3n) is 3.25. The van der Waals surface area contributed by atoms with Gasteiger partial charge in [0, 0.05) is 17.4 Å². The van der Waals surface area contributed by atoms with E-state index in [9.17, 15) is 4.79 Å². The molecule has 4 nitrogen and oxygen atoms in total. The maximum atomic E-state index is 12.3. The predicted octanol–water partition coefficient (Wildman–Crippen LogP) is 3.50. The minimum Gasteiger partial charge on any atom is -0.344 e. The van der Waals surface area contributed by atoms with Crippen molar-refractivity contribution in [2.45, 2.75) is 12.6 Å². The molecule has 1 N–H and O–H groups in total. The average molecular weight is 332 g/mol. The predicted molar refractivity (Wildman–Crippen MR) is 88.0 cm³/mol. The van der Waals surface area contributed by atoms with E-state index in [2.05, 4.69) is 10.4 Å². The summed E-state index contributed by atoms with van der Waals surface area (Å²) in [6, 6.07) is 11.1. The molecule has 0 aliphatic heterocycles. The van der Waals surface area contributed by atoms with Crippen LogP contribution < -0.4 is 5.32 Å². The van der Waals surface area contributed by atoms with Gasteiger partial charge in [0.15, 0.2) is 0 Å². The molecule has 0 aliphatic rings. The Hall–Kier alpha value is -2.11. The molecule has 22 heavy (non-hydrogen) atoms. The van der Waals surface area contributed by atoms with E-state index in [0.717, 1.165) is 11.1 Å². The summed E-state index contributed by atoms with van der Waals surface area (Å²) in [7, 11) is 0. The Labute approximate surface area is 137 Å². The first-order valence-corrected chi connectivity index (χ1v) is 8.09. The van der Waals surface area contributed by atoms with E-state index in [1.165, 1.54) is 0 Å². The fraction of sp³-hybridized carbons (Fsp3) is 0.125. The monoisotopic (exact) mass is 331 g/mol. The maximum absolute atomic E-state index is 12.3. The number of hydrogen-bond donors (Lipinski definition) is 1. The number of carbonyl (C=O) groups excluding carboxylic acids is 1. The fourth-order valence-electron chi connectivity index (χ4n) is 2.20. The number of nitrogens with zero attached hydrogens (tertiary/aromatic N) is 2. The van der Waals surface area contributed by atoms with Crippen LogP contribution >= 0.6 is 22.9 Å². The number of carbonyl (C=O) groups is 1. The van der Waals surface area contributed by atoms with Crippen molar-refractivity contribution < 1.29 is 4.79 Å². The summed E-state index contributed by atoms with van der Waals surface area (Å²) in [6.07, 6.45) is 3.42. The second-order valence-corrected chi connectivity index (χ2v) is 6.03. The summed E-state index contributed by atoms with van der Waals surface area (Å²) < 4.78 is 1.60. The third-order valence-corrected chi connectivity index (χ3v) is 4.20. The summed E-state index contributed by atoms with van der Waals surface area (Å²) in [5, 5.41) is 11.8. The standard InChI is InChI=1S/C16H14ClN3OS/c17-14-4-2-12(3-5-14)16(13-6-9-22-11-13)19-15(21)10-20-8-1-7-18-20/h1-9,11,16H,10H2,(H,19,21)/t16-/m1/s1. The molecule has 0 bridgehead atoms. The van der Waals surface area contributed by atoms with Gasteiger partial charge < -0.3 is 5.32 Å². The molecule has 0 saturated carbocycles. The first-order chi connectivity index (χ1) is 10.7. The molecule has 3 aromatic rings. The number of benzene rings is 1. The zero-order valence-electron chi connectivity index (χ0n) is 11.6. The van der Waals surface area contributed by atoms with Gasteiger partial charge in [-0.05, 0) is 46.2 Å². The first-order valence-electron chi connectivity index (χ1n) is 6.77. The molecule has 0 unspecified atom stereocenters. The lowest BCUT2D eigenvalue weighted by atomic mass is 10.0. The van der Waals surface area contributed by atoms with Crippen LogP contribution in [0.5, 0.6) is 0 Å². The second-order valence-electron chi connectivity index (χ2n) is 4.81. The Kier molecular flexibility index (Phi) is 4.56. The van der Waals surface area contributed by atoms with Gasteiger partial charge in [-0.15, -0.1) is 0 Å². The minimum absolute atomic E-state index is 0.0881. The number of halogens is 1. The SMILES string of the molecule is O=C(Cn1cccn1)N[C@H](c1ccc(Cl)cc1)c1ccsc1. The van der Waals surface area contributed by atoms with Crippen LogP contribution in [0.1, 0.15) is 17.2 Å². The zero-order valence-corrected chi connectivity index (χ0v) is 13.2. The number of thiophene rings is 1. The highest BCUT2D eigenvalue weighted by molar-refractivity contribution is 7.08. The molecule has 1 amide bonds. The first kappa shape index (κ1) is 14.8. The molecule has 6 heteroatoms. The minimum atomic E-state index is -0.188. The smallest absolute Gasteiger partial charge is 0.242 e. The molecule has 0 spiro atoms. The molecular formula is C16H14ClN3OS. The van der Waals surface area contributed by atoms with Gasteiger partial charge in [0.2, 0.25) is 5.91 Å². The lowest BCUT2D eigenvalue weighted by Gasteiger charge is -2.18. The Balaban J connectivity index is 1.80. The maximum Gasteiger partial charge on any atom is 0.242 e. The van der Waals surface area contributed by atoms with Gasteiger partial charge in [0.25, 0.3) is 0 Å². The van der Waals surface area contributed by atoms with Crippen molar-refractivity contribution in [1.82, 2.24) is 15.1 Å². The highest BCUT2D eigenvalue weighted by Gasteiger charge is 2.17. The molecule has 0 radical (unpaired) electrons. The number of rotatable bonds is 5. The molecule has 0 aliphatic carbocycles. The molecule has 2 heterocycles. The van der Waals surface area contributed by atoms with Gasteiger partial charge in [-0.25, -0.2) is 0 Å². The number of amides is 1. The van der Waals surface area contributed by atoms with E-state index in [4.69, 9.17) is 11.6 Å². The van der Waals surface area contributed by atoms with Crippen LogP contribution in [0.3, 0.4) is 0 Å². The van der Waals surface area contributed by atoms with Crippen molar-refractivity contribution in [2.24, 2.45) is 0 Å². The summed E-state index contributed by atoms with van der Waals surface area (Å²) in [5.41, 5.74) is 2.05. The zero-order chi connectivity index (χ0) is 15.4. The highest BCUT2D eigenvalue weighted by atomic mass is 35.5. The molecule has 2 aromatic heterocycles. The Morgan fingerprint density at radius 3 is 2.73 bits per heavy atom. The Morgan fingerprint density at radius 1 is 1.27 bits per heavy atom. The topological polar surface area (TPSA) is 46.9 Å². The molecule has 0 saturated heterocycles. The Bertz CT molecular complexity index is 723. The van der Waals surface area contributed by atoms with E-state index >= 15 is 0 Å². The average Bonchev–Trinajstić information content (AvgIpc) is 3.19. The highest BCUT2D eigenvalue weighted by Crippen LogP contribution is 2.25. The van der Waals surface area contributed by atoms with Gasteiger partial charge in [0.1, 0.15) is 6.54 Å². The number of nitrogens with one attached hydrogen (secondary N) is 1. The van der Waals surface area contributed by atoms with Crippen molar-refractivity contribution in [3.8, 4) is 0 Å². The van der Waals surface area contributed by atoms with Crippen LogP contribution in [0.2, 0.25) is 5.02 Å². The van der Waals surface area contributed by atoms with Crippen molar-refractivity contribution in [1.29, 1.82) is 0 Å². The van der Waals surface area contributed by atoms with Crippen LogP contribution in [0.25, 0.3) is 0 Å². The van der Waals surface area contributed by atoms with Gasteiger partial charge in [-0.3, -0.25) is 9.48 Å². The van der Waals surface area contributed by atoms with Gasteiger partial charge in [-0.2, -0.15) is 16.4 Å². The number of aromatic nitrogens is 2. The summed E-state index contributed by atoms with van der Waals surface area (Å²) >= 11 is 7.55. The fourth-order valence-corrected chi connectivity index (χ4v) is 3.01. The quantitative estimate of drug-likeness (QED) is 0.777. The van der Waals surface area contributed by atoms with E-state index < -0.39 is 0 Å². The largest absolute Gasteiger partial charge is 0.344 e. The molecule has 1 atom stereocenters. The van der Waals surface area contributed by atoms with Gasteiger partial charge in [0.05, 0.1) is 6.04 Å². The van der Waals surface area contributed by atoms with Gasteiger partial charge >= 0.3 is 0 Å². The molecular weight excluding hydrogens is 318 g/mol. The lowest BCUT2D eigenvalue weighted by molar-refractivity contribution is -0.122. The lowest BCUT2D eigenvalue weighted by Crippen LogP contribution is -2.32. The van der Waals surface area contributed by atoms with Crippen molar-refractivity contribution in [3.63, 3.8) is 0 Å². The van der Waals surface area contributed by atoms with Crippen LogP contribution in [0.4, 0.5) is 0 Å². The van der Waals surface area contributed by atoms with Crippen LogP contribution in [0, 0.1) is 0 Å². The van der Waals surface area contributed by atoms with E-state index in [1.54, 1.807) is 34.5 Å². The van der Waals surface area contributed by atoms with Gasteiger partial charge in [-0.1, -0.05) is 23.7 Å². The van der Waals surface area contributed by atoms with E-state index in [1.807, 2.05) is 41.1 Å². The molecule has 112 valence electrons. The van der Waals surface area contributed by atoms with Crippen molar-refractivity contribution in [2.75, 3.05) is 0 Å².